The molecule has 3 heteroatoms. The van der Waals surface area contributed by atoms with Gasteiger partial charge in [0.05, 0.1) is 6.26 Å². The van der Waals surface area contributed by atoms with Crippen molar-refractivity contribution in [2.24, 2.45) is 5.73 Å². The first-order chi connectivity index (χ1) is 9.74. The van der Waals surface area contributed by atoms with Crippen LogP contribution in [0.15, 0.2) is 47.1 Å². The van der Waals surface area contributed by atoms with E-state index >= 15 is 0 Å². The summed E-state index contributed by atoms with van der Waals surface area (Å²) in [6.07, 6.45) is 4.77. The first-order valence-corrected chi connectivity index (χ1v) is 7.37. The van der Waals surface area contributed by atoms with Gasteiger partial charge >= 0.3 is 0 Å². The fraction of sp³-hybridized carbons (Fsp3) is 0.412. The van der Waals surface area contributed by atoms with Crippen LogP contribution in [0.2, 0.25) is 0 Å². The number of furan rings is 1. The molecule has 106 valence electrons. The van der Waals surface area contributed by atoms with Gasteiger partial charge in [0.15, 0.2) is 0 Å². The molecule has 0 amide bonds. The lowest BCUT2D eigenvalue weighted by Gasteiger charge is -2.20. The smallest absolute Gasteiger partial charge is 0.103 e. The van der Waals surface area contributed by atoms with Crippen molar-refractivity contribution in [3.8, 4) is 0 Å². The fourth-order valence-corrected chi connectivity index (χ4v) is 3.07. The van der Waals surface area contributed by atoms with E-state index in [1.807, 2.05) is 12.1 Å². The highest BCUT2D eigenvalue weighted by Crippen LogP contribution is 2.37. The van der Waals surface area contributed by atoms with Crippen molar-refractivity contribution < 1.29 is 4.42 Å². The third kappa shape index (κ3) is 2.79. The standard InChI is InChI=1S/C17H22N2O/c1-12(8-9-13-5-4-10-20-13)19-17-11-16(18)14-6-2-3-7-15(14)17/h2-7,10,12,16-17,19H,8-9,11,18H2,1H3. The molecule has 1 aliphatic rings. The van der Waals surface area contributed by atoms with Crippen molar-refractivity contribution >= 4 is 0 Å². The van der Waals surface area contributed by atoms with Crippen molar-refractivity contribution in [2.45, 2.75) is 44.3 Å². The molecule has 3 N–H and O–H groups in total. The molecule has 0 radical (unpaired) electrons. The highest BCUT2D eigenvalue weighted by Gasteiger charge is 2.28. The topological polar surface area (TPSA) is 51.2 Å². The number of nitrogens with one attached hydrogen (secondary N) is 1. The number of hydrogen-bond donors (Lipinski definition) is 2. The number of rotatable bonds is 5. The predicted molar refractivity (Wildman–Crippen MR) is 80.4 cm³/mol. The Balaban J connectivity index is 1.58. The molecule has 3 nitrogen and oxygen atoms in total. The molecule has 20 heavy (non-hydrogen) atoms. The van der Waals surface area contributed by atoms with Gasteiger partial charge < -0.3 is 15.5 Å². The van der Waals surface area contributed by atoms with Crippen LogP contribution in [0.4, 0.5) is 0 Å². The van der Waals surface area contributed by atoms with Crippen molar-refractivity contribution in [3.63, 3.8) is 0 Å². The zero-order valence-corrected chi connectivity index (χ0v) is 11.9. The average molecular weight is 270 g/mol. The van der Waals surface area contributed by atoms with Gasteiger partial charge in [-0.3, -0.25) is 0 Å². The lowest BCUT2D eigenvalue weighted by molar-refractivity contribution is 0.406. The molecular weight excluding hydrogens is 248 g/mol. The number of benzene rings is 1. The van der Waals surface area contributed by atoms with Crippen LogP contribution in [-0.2, 0) is 6.42 Å². The minimum absolute atomic E-state index is 0.168. The zero-order valence-electron chi connectivity index (χ0n) is 11.9. The zero-order chi connectivity index (χ0) is 13.9. The molecule has 3 unspecified atom stereocenters. The van der Waals surface area contributed by atoms with E-state index in [1.54, 1.807) is 6.26 Å². The first kappa shape index (κ1) is 13.4. The maximum Gasteiger partial charge on any atom is 0.103 e. The molecule has 1 aromatic heterocycles. The highest BCUT2D eigenvalue weighted by molar-refractivity contribution is 5.37. The molecule has 0 aliphatic heterocycles. The number of aryl methyl sites for hydroxylation is 1. The van der Waals surface area contributed by atoms with Gasteiger partial charge in [0, 0.05) is 24.5 Å². The van der Waals surface area contributed by atoms with Crippen LogP contribution >= 0.6 is 0 Å². The Bertz CT molecular complexity index is 550. The van der Waals surface area contributed by atoms with Gasteiger partial charge in [0.25, 0.3) is 0 Å². The van der Waals surface area contributed by atoms with Gasteiger partial charge in [0.1, 0.15) is 5.76 Å². The summed E-state index contributed by atoms with van der Waals surface area (Å²) in [5.74, 6) is 1.06. The van der Waals surface area contributed by atoms with E-state index in [4.69, 9.17) is 10.2 Å². The molecule has 1 heterocycles. The molecule has 0 spiro atoms. The van der Waals surface area contributed by atoms with E-state index < -0.39 is 0 Å². The molecule has 1 aliphatic carbocycles. The molecule has 3 atom stereocenters. The molecule has 2 aromatic rings. The van der Waals surface area contributed by atoms with Crippen molar-refractivity contribution in [3.05, 3.63) is 59.5 Å². The van der Waals surface area contributed by atoms with Crippen LogP contribution in [0.5, 0.6) is 0 Å². The van der Waals surface area contributed by atoms with E-state index in [9.17, 15) is 0 Å². The van der Waals surface area contributed by atoms with E-state index in [-0.39, 0.29) is 6.04 Å². The largest absolute Gasteiger partial charge is 0.469 e. The Morgan fingerprint density at radius 1 is 1.25 bits per heavy atom. The summed E-state index contributed by atoms with van der Waals surface area (Å²) in [6, 6.07) is 13.5. The van der Waals surface area contributed by atoms with Gasteiger partial charge in [-0.05, 0) is 43.0 Å². The van der Waals surface area contributed by atoms with E-state index in [1.165, 1.54) is 11.1 Å². The molecule has 0 bridgehead atoms. The summed E-state index contributed by atoms with van der Waals surface area (Å²) >= 11 is 0. The summed E-state index contributed by atoms with van der Waals surface area (Å²) in [5.41, 5.74) is 8.87. The third-order valence-corrected chi connectivity index (χ3v) is 4.15. The third-order valence-electron chi connectivity index (χ3n) is 4.15. The SMILES string of the molecule is CC(CCc1ccco1)NC1CC(N)c2ccccc21. The number of nitrogens with two attached hydrogens (primary N) is 1. The summed E-state index contributed by atoms with van der Waals surface area (Å²) in [5, 5.41) is 3.71. The monoisotopic (exact) mass is 270 g/mol. The molecule has 1 aromatic carbocycles. The van der Waals surface area contributed by atoms with Crippen LogP contribution < -0.4 is 11.1 Å². The Morgan fingerprint density at radius 2 is 2.05 bits per heavy atom. The molecule has 0 saturated heterocycles. The van der Waals surface area contributed by atoms with E-state index in [2.05, 4.69) is 36.5 Å². The highest BCUT2D eigenvalue weighted by atomic mass is 16.3. The first-order valence-electron chi connectivity index (χ1n) is 7.37. The summed E-state index contributed by atoms with van der Waals surface area (Å²) in [7, 11) is 0. The lowest BCUT2D eigenvalue weighted by atomic mass is 10.1. The van der Waals surface area contributed by atoms with Crippen molar-refractivity contribution in [2.75, 3.05) is 0 Å². The molecule has 0 saturated carbocycles. The number of hydrogen-bond acceptors (Lipinski definition) is 3. The molecular formula is C17H22N2O. The minimum Gasteiger partial charge on any atom is -0.469 e. The van der Waals surface area contributed by atoms with Crippen LogP contribution in [0, 0.1) is 0 Å². The van der Waals surface area contributed by atoms with Gasteiger partial charge in [-0.25, -0.2) is 0 Å². The average Bonchev–Trinajstić information content (AvgIpc) is 3.07. The van der Waals surface area contributed by atoms with E-state index in [0.29, 0.717) is 12.1 Å². The Hall–Kier alpha value is -1.58. The van der Waals surface area contributed by atoms with Crippen LogP contribution in [0.25, 0.3) is 0 Å². The maximum atomic E-state index is 6.21. The normalized spacial score (nSPS) is 22.7. The maximum absolute atomic E-state index is 6.21. The van der Waals surface area contributed by atoms with Gasteiger partial charge in [-0.2, -0.15) is 0 Å². The van der Waals surface area contributed by atoms with Crippen molar-refractivity contribution in [1.29, 1.82) is 0 Å². The predicted octanol–water partition coefficient (Wildman–Crippen LogP) is 3.34. The number of fused-ring (bicyclic) bond motifs is 1. The van der Waals surface area contributed by atoms with Gasteiger partial charge in [0.2, 0.25) is 0 Å². The summed E-state index contributed by atoms with van der Waals surface area (Å²) in [4.78, 5) is 0. The second kappa shape index (κ2) is 5.81. The minimum atomic E-state index is 0.168. The van der Waals surface area contributed by atoms with Crippen LogP contribution in [0.3, 0.4) is 0 Å². The molecule has 0 fully saturated rings. The Kier molecular flexibility index (Phi) is 3.90. The lowest BCUT2D eigenvalue weighted by Crippen LogP contribution is -2.30. The second-order valence-corrected chi connectivity index (χ2v) is 5.71. The Labute approximate surface area is 120 Å². The van der Waals surface area contributed by atoms with Crippen LogP contribution in [-0.4, -0.2) is 6.04 Å². The Morgan fingerprint density at radius 3 is 2.80 bits per heavy atom. The van der Waals surface area contributed by atoms with Gasteiger partial charge in [-0.1, -0.05) is 24.3 Å². The molecule has 3 rings (SSSR count). The fourth-order valence-electron chi connectivity index (χ4n) is 3.07. The van der Waals surface area contributed by atoms with Crippen molar-refractivity contribution in [1.82, 2.24) is 5.32 Å². The van der Waals surface area contributed by atoms with Crippen LogP contribution in [0.1, 0.15) is 48.7 Å². The van der Waals surface area contributed by atoms with E-state index in [0.717, 1.165) is 25.0 Å². The van der Waals surface area contributed by atoms with Gasteiger partial charge in [-0.15, -0.1) is 0 Å². The summed E-state index contributed by atoms with van der Waals surface area (Å²) < 4.78 is 5.38. The summed E-state index contributed by atoms with van der Waals surface area (Å²) in [6.45, 7) is 2.23. The quantitative estimate of drug-likeness (QED) is 0.876. The second-order valence-electron chi connectivity index (χ2n) is 5.71.